The van der Waals surface area contributed by atoms with E-state index in [0.29, 0.717) is 5.39 Å². The van der Waals surface area contributed by atoms with Crippen LogP contribution in [-0.4, -0.2) is 82.6 Å². The van der Waals surface area contributed by atoms with Gasteiger partial charge in [0.2, 0.25) is 0 Å². The molecule has 1 aliphatic rings. The fraction of sp³-hybridized carbons (Fsp3) is 0.227. The zero-order valence-electron chi connectivity index (χ0n) is 17.5. The van der Waals surface area contributed by atoms with E-state index >= 15 is 0 Å². The molecule has 1 aliphatic carbocycles. The number of fused-ring (bicyclic) bond motifs is 1. The summed E-state index contributed by atoms with van der Waals surface area (Å²) in [5.41, 5.74) is -2.14. The standard InChI is InChI=1S/C22H20FNO7S3.Na.H/c23-16-7-6-15-12-20(24(19(15)13-16)34(30,31)18-4-2-1-3-5-18)22(26)9-8-17(25)14-21(22)32-10-11-33(27,28)29;;/h1-9,12-13,21,26H,10-11,14H2,(H,27,28,29);;. The molecule has 0 saturated carbocycles. The van der Waals surface area contributed by atoms with Gasteiger partial charge in [0, 0.05) is 17.6 Å². The normalized spacial score (nSPS) is 20.7. The van der Waals surface area contributed by atoms with Gasteiger partial charge in [-0.15, -0.1) is 0 Å². The van der Waals surface area contributed by atoms with Crippen molar-refractivity contribution in [2.45, 2.75) is 22.2 Å². The monoisotopic (exact) mass is 549 g/mol. The summed E-state index contributed by atoms with van der Waals surface area (Å²) in [6.07, 6.45) is 2.10. The summed E-state index contributed by atoms with van der Waals surface area (Å²) < 4.78 is 73.6. The van der Waals surface area contributed by atoms with E-state index in [4.69, 9.17) is 4.55 Å². The van der Waals surface area contributed by atoms with Crippen LogP contribution in [0, 0.1) is 5.82 Å². The van der Waals surface area contributed by atoms with Gasteiger partial charge in [-0.1, -0.05) is 18.2 Å². The quantitative estimate of drug-likeness (QED) is 0.338. The number of carbonyl (C=O) groups excluding carboxylic acids is 1. The van der Waals surface area contributed by atoms with Crippen LogP contribution < -0.4 is 0 Å². The molecule has 182 valence electrons. The second-order valence-corrected chi connectivity index (χ2v) is 12.5. The minimum absolute atomic E-state index is 0. The van der Waals surface area contributed by atoms with Crippen molar-refractivity contribution in [3.05, 3.63) is 78.3 Å². The van der Waals surface area contributed by atoms with E-state index < -0.39 is 42.6 Å². The number of thioether (sulfide) groups is 1. The summed E-state index contributed by atoms with van der Waals surface area (Å²) in [5, 5.41) is 11.1. The van der Waals surface area contributed by atoms with Crippen molar-refractivity contribution in [3.63, 3.8) is 0 Å². The topological polar surface area (TPSA) is 131 Å². The second-order valence-electron chi connectivity index (χ2n) is 7.79. The van der Waals surface area contributed by atoms with E-state index in [9.17, 15) is 31.1 Å². The third-order valence-electron chi connectivity index (χ3n) is 5.48. The molecule has 0 aliphatic heterocycles. The minimum atomic E-state index is -4.31. The van der Waals surface area contributed by atoms with Crippen LogP contribution in [0.4, 0.5) is 4.39 Å². The molecular weight excluding hydrogens is 528 g/mol. The number of hydrogen-bond acceptors (Lipinski definition) is 7. The predicted molar refractivity (Wildman–Crippen MR) is 133 cm³/mol. The van der Waals surface area contributed by atoms with Crippen molar-refractivity contribution in [2.75, 3.05) is 11.5 Å². The zero-order valence-corrected chi connectivity index (χ0v) is 20.0. The average Bonchev–Trinajstić information content (AvgIpc) is 3.16. The van der Waals surface area contributed by atoms with Crippen LogP contribution in [0.3, 0.4) is 0 Å². The van der Waals surface area contributed by atoms with Gasteiger partial charge in [0.05, 0.1) is 27.1 Å². The third-order valence-corrected chi connectivity index (χ3v) is 9.56. The molecule has 0 fully saturated rings. The van der Waals surface area contributed by atoms with Gasteiger partial charge in [-0.05, 0) is 48.6 Å². The molecule has 8 nitrogen and oxygen atoms in total. The fourth-order valence-corrected chi connectivity index (χ4v) is 7.69. The van der Waals surface area contributed by atoms with Crippen LogP contribution >= 0.6 is 11.8 Å². The molecule has 13 heteroatoms. The number of carbonyl (C=O) groups is 1. The van der Waals surface area contributed by atoms with Crippen LogP contribution in [0.1, 0.15) is 12.1 Å². The molecule has 0 spiro atoms. The molecule has 0 amide bonds. The third kappa shape index (κ3) is 5.75. The maximum atomic E-state index is 14.1. The van der Waals surface area contributed by atoms with Gasteiger partial charge in [0.1, 0.15) is 11.4 Å². The summed E-state index contributed by atoms with van der Waals surface area (Å²) in [6, 6.07) is 12.4. The summed E-state index contributed by atoms with van der Waals surface area (Å²) in [4.78, 5) is 12.0. The number of aromatic nitrogens is 1. The Morgan fingerprint density at radius 3 is 2.43 bits per heavy atom. The first-order chi connectivity index (χ1) is 15.9. The van der Waals surface area contributed by atoms with Crippen LogP contribution in [-0.2, 0) is 30.5 Å². The first kappa shape index (κ1) is 28.1. The number of aliphatic hydroxyl groups is 1. The first-order valence-corrected chi connectivity index (χ1v) is 14.1. The van der Waals surface area contributed by atoms with E-state index in [-0.39, 0.29) is 63.6 Å². The maximum absolute atomic E-state index is 14.1. The number of nitrogens with zero attached hydrogens (tertiary/aromatic N) is 1. The number of allylic oxidation sites excluding steroid dienone is 1. The molecule has 1 aromatic heterocycles. The van der Waals surface area contributed by atoms with E-state index in [1.54, 1.807) is 6.07 Å². The van der Waals surface area contributed by atoms with Gasteiger partial charge in [-0.2, -0.15) is 20.2 Å². The molecule has 4 rings (SSSR count). The van der Waals surface area contributed by atoms with Gasteiger partial charge in [0.15, 0.2) is 5.78 Å². The van der Waals surface area contributed by atoms with Gasteiger partial charge in [0.25, 0.3) is 20.1 Å². The number of ketones is 1. The number of benzene rings is 2. The van der Waals surface area contributed by atoms with Crippen LogP contribution in [0.25, 0.3) is 10.9 Å². The number of hydrogen-bond donors (Lipinski definition) is 2. The number of halogens is 1. The van der Waals surface area contributed by atoms with Crippen molar-refractivity contribution >= 4 is 78.1 Å². The van der Waals surface area contributed by atoms with Crippen molar-refractivity contribution in [1.82, 2.24) is 3.97 Å². The van der Waals surface area contributed by atoms with E-state index in [1.165, 1.54) is 42.5 Å². The Morgan fingerprint density at radius 2 is 1.77 bits per heavy atom. The molecule has 0 radical (unpaired) electrons. The van der Waals surface area contributed by atoms with Gasteiger partial charge >= 0.3 is 29.6 Å². The Labute approximate surface area is 228 Å². The van der Waals surface area contributed by atoms with E-state index in [0.717, 1.165) is 33.9 Å². The Kier molecular flexibility index (Phi) is 8.39. The molecule has 35 heavy (non-hydrogen) atoms. The van der Waals surface area contributed by atoms with Gasteiger partial charge in [-0.3, -0.25) is 9.35 Å². The van der Waals surface area contributed by atoms with E-state index in [1.807, 2.05) is 0 Å². The molecule has 3 aromatic rings. The molecule has 2 aromatic carbocycles. The van der Waals surface area contributed by atoms with Gasteiger partial charge in [-0.25, -0.2) is 16.8 Å². The number of rotatable bonds is 7. The van der Waals surface area contributed by atoms with Crippen molar-refractivity contribution in [1.29, 1.82) is 0 Å². The molecule has 1 heterocycles. The Hall–Kier alpha value is -1.51. The first-order valence-electron chi connectivity index (χ1n) is 10.1. The van der Waals surface area contributed by atoms with Crippen molar-refractivity contribution in [3.8, 4) is 0 Å². The van der Waals surface area contributed by atoms with E-state index in [2.05, 4.69) is 0 Å². The molecule has 2 N–H and O–H groups in total. The Balaban J connectivity index is 0.00000342. The molecule has 2 unspecified atom stereocenters. The van der Waals surface area contributed by atoms with Crippen LogP contribution in [0.15, 0.2) is 71.6 Å². The van der Waals surface area contributed by atoms with Crippen LogP contribution in [0.2, 0.25) is 0 Å². The molecule has 0 saturated heterocycles. The summed E-state index contributed by atoms with van der Waals surface area (Å²) in [7, 11) is -8.59. The van der Waals surface area contributed by atoms with Crippen molar-refractivity contribution in [2.24, 2.45) is 0 Å². The average molecular weight is 550 g/mol. The SMILES string of the molecule is O=C1C=CC(O)(c2cc3ccc(F)cc3n2S(=O)(=O)c2ccccc2)C(SCCS(=O)(=O)O)C1.[NaH]. The van der Waals surface area contributed by atoms with Crippen molar-refractivity contribution < 1.29 is 35.7 Å². The molecular formula is C22H21FNNaO7S3. The molecule has 2 atom stereocenters. The fourth-order valence-electron chi connectivity index (χ4n) is 3.85. The second kappa shape index (κ2) is 10.5. The Bertz CT molecular complexity index is 1500. The van der Waals surface area contributed by atoms with Crippen LogP contribution in [0.5, 0.6) is 0 Å². The summed E-state index contributed by atoms with van der Waals surface area (Å²) >= 11 is 0.914. The zero-order chi connectivity index (χ0) is 24.7. The summed E-state index contributed by atoms with van der Waals surface area (Å²) in [6.45, 7) is 0. The Morgan fingerprint density at radius 1 is 1.09 bits per heavy atom. The summed E-state index contributed by atoms with van der Waals surface area (Å²) in [5.74, 6) is -1.78. The molecule has 0 bridgehead atoms. The van der Waals surface area contributed by atoms with Gasteiger partial charge < -0.3 is 5.11 Å². The predicted octanol–water partition coefficient (Wildman–Crippen LogP) is 2.08.